The fourth-order valence-corrected chi connectivity index (χ4v) is 5.05. The number of fused-ring (bicyclic) bond motifs is 4. The Morgan fingerprint density at radius 3 is 2.71 bits per heavy atom. The van der Waals surface area contributed by atoms with E-state index in [-0.39, 0.29) is 18.8 Å². The van der Waals surface area contributed by atoms with Gasteiger partial charge in [-0.25, -0.2) is 4.98 Å². The number of aliphatic imine (C=N–C) groups is 1. The fourth-order valence-electron chi connectivity index (χ4n) is 5.05. The number of aromatic nitrogens is 2. The van der Waals surface area contributed by atoms with Crippen LogP contribution < -0.4 is 10.5 Å². The van der Waals surface area contributed by atoms with E-state index in [1.165, 1.54) is 6.20 Å². The van der Waals surface area contributed by atoms with Crippen LogP contribution in [0.25, 0.3) is 16.7 Å². The lowest BCUT2D eigenvalue weighted by atomic mass is 9.79. The first-order valence-corrected chi connectivity index (χ1v) is 11.6. The number of ether oxygens (including phenoxy) is 3. The van der Waals surface area contributed by atoms with Crippen molar-refractivity contribution in [1.29, 1.82) is 0 Å². The minimum atomic E-state index is -0.946. The van der Waals surface area contributed by atoms with E-state index in [1.54, 1.807) is 18.3 Å². The van der Waals surface area contributed by atoms with Crippen molar-refractivity contribution >= 4 is 11.4 Å². The molecule has 1 atom stereocenters. The number of hydrogen-bond acceptors (Lipinski definition) is 7. The Hall–Kier alpha value is -3.62. The van der Waals surface area contributed by atoms with Gasteiger partial charge in [0.2, 0.25) is 5.95 Å². The van der Waals surface area contributed by atoms with Crippen LogP contribution in [0.15, 0.2) is 59.9 Å². The van der Waals surface area contributed by atoms with Crippen LogP contribution in [-0.4, -0.2) is 41.2 Å². The van der Waals surface area contributed by atoms with Gasteiger partial charge in [-0.3, -0.25) is 9.98 Å². The van der Waals surface area contributed by atoms with Crippen molar-refractivity contribution in [3.8, 4) is 22.6 Å². The van der Waals surface area contributed by atoms with Gasteiger partial charge in [0.25, 0.3) is 0 Å². The number of halogens is 1. The molecule has 0 bridgehead atoms. The fraction of sp³-hybridized carbons (Fsp3) is 0.296. The van der Waals surface area contributed by atoms with Crippen molar-refractivity contribution in [2.75, 3.05) is 19.8 Å². The van der Waals surface area contributed by atoms with Crippen molar-refractivity contribution in [2.24, 2.45) is 10.7 Å². The molecule has 2 N–H and O–H groups in total. The molecule has 3 aliphatic heterocycles. The zero-order valence-electron chi connectivity index (χ0n) is 19.5. The number of hydrogen-bond donors (Lipinski definition) is 1. The highest BCUT2D eigenvalue weighted by atomic mass is 19.1. The first kappa shape index (κ1) is 21.9. The molecule has 0 amide bonds. The third-order valence-corrected chi connectivity index (χ3v) is 6.62. The quantitative estimate of drug-likeness (QED) is 0.548. The zero-order valence-corrected chi connectivity index (χ0v) is 19.5. The van der Waals surface area contributed by atoms with Gasteiger partial charge in [0.1, 0.15) is 23.7 Å². The van der Waals surface area contributed by atoms with Crippen LogP contribution in [0, 0.1) is 5.95 Å². The molecule has 3 aromatic rings. The summed E-state index contributed by atoms with van der Waals surface area (Å²) < 4.78 is 32.6. The molecule has 0 aliphatic carbocycles. The maximum absolute atomic E-state index is 14.5. The average molecular weight is 473 g/mol. The molecular formula is C27H25FN4O3. The number of nitrogens with zero attached hydrogens (tertiary/aromatic N) is 3. The number of benzene rings is 1. The first-order valence-electron chi connectivity index (χ1n) is 11.6. The van der Waals surface area contributed by atoms with Crippen molar-refractivity contribution in [3.63, 3.8) is 0 Å². The number of nitrogens with two attached hydrogens (primary N) is 1. The Kier molecular flexibility index (Phi) is 4.98. The molecule has 2 aromatic heterocycles. The van der Waals surface area contributed by atoms with E-state index in [2.05, 4.69) is 11.1 Å². The largest absolute Gasteiger partial charge is 0.455 e. The predicted octanol–water partition coefficient (Wildman–Crippen LogP) is 4.60. The summed E-state index contributed by atoms with van der Waals surface area (Å²) in [6.45, 7) is 5.21. The molecule has 1 aromatic carbocycles. The first-order chi connectivity index (χ1) is 16.8. The van der Waals surface area contributed by atoms with Crippen LogP contribution in [0.1, 0.15) is 37.1 Å². The molecule has 0 unspecified atom stereocenters. The number of amidine groups is 1. The normalized spacial score (nSPS) is 22.5. The summed E-state index contributed by atoms with van der Waals surface area (Å²) in [5.74, 6) is 1.05. The Morgan fingerprint density at radius 2 is 1.91 bits per heavy atom. The maximum atomic E-state index is 14.5. The van der Waals surface area contributed by atoms with Gasteiger partial charge in [0, 0.05) is 22.9 Å². The highest BCUT2D eigenvalue weighted by Gasteiger charge is 2.45. The summed E-state index contributed by atoms with van der Waals surface area (Å²) in [7, 11) is 0. The highest BCUT2D eigenvalue weighted by molar-refractivity contribution is 5.84. The lowest BCUT2D eigenvalue weighted by Crippen LogP contribution is -2.42. The van der Waals surface area contributed by atoms with Crippen LogP contribution in [-0.2, 0) is 15.0 Å². The molecule has 3 aliphatic rings. The zero-order chi connectivity index (χ0) is 24.2. The molecule has 0 radical (unpaired) electrons. The monoisotopic (exact) mass is 472 g/mol. The van der Waals surface area contributed by atoms with Gasteiger partial charge in [-0.05, 0) is 67.8 Å². The molecule has 178 valence electrons. The maximum Gasteiger partial charge on any atom is 0.220 e. The Morgan fingerprint density at radius 1 is 1.06 bits per heavy atom. The second kappa shape index (κ2) is 7.96. The SMILES string of the molecule is CC1(C)C=C(c2cc3c(cn2)Oc2ccc(-c4cccnc4F)cc2[C@@]32COCC(N)=N2)CCO1. The van der Waals surface area contributed by atoms with E-state index in [4.69, 9.17) is 29.9 Å². The van der Waals surface area contributed by atoms with Crippen LogP contribution in [0.3, 0.4) is 0 Å². The molecule has 6 rings (SSSR count). The van der Waals surface area contributed by atoms with E-state index < -0.39 is 11.5 Å². The number of pyridine rings is 2. The van der Waals surface area contributed by atoms with Gasteiger partial charge < -0.3 is 19.9 Å². The molecule has 0 saturated carbocycles. The Bertz CT molecular complexity index is 1400. The van der Waals surface area contributed by atoms with Gasteiger partial charge >= 0.3 is 0 Å². The average Bonchev–Trinajstić information content (AvgIpc) is 2.84. The summed E-state index contributed by atoms with van der Waals surface area (Å²) >= 11 is 0. The van der Waals surface area contributed by atoms with Crippen LogP contribution in [0.5, 0.6) is 11.5 Å². The molecule has 7 nitrogen and oxygen atoms in total. The molecule has 35 heavy (non-hydrogen) atoms. The van der Waals surface area contributed by atoms with Gasteiger partial charge in [0.05, 0.1) is 30.7 Å². The van der Waals surface area contributed by atoms with Crippen LogP contribution in [0.4, 0.5) is 4.39 Å². The minimum Gasteiger partial charge on any atom is -0.455 e. The van der Waals surface area contributed by atoms with E-state index in [0.717, 1.165) is 28.8 Å². The predicted molar refractivity (Wildman–Crippen MR) is 130 cm³/mol. The third kappa shape index (κ3) is 3.69. The number of rotatable bonds is 2. The van der Waals surface area contributed by atoms with Gasteiger partial charge in [-0.2, -0.15) is 4.39 Å². The van der Waals surface area contributed by atoms with E-state index >= 15 is 0 Å². The van der Waals surface area contributed by atoms with Crippen LogP contribution >= 0.6 is 0 Å². The Balaban J connectivity index is 1.55. The van der Waals surface area contributed by atoms with Crippen molar-refractivity contribution in [3.05, 3.63) is 77.6 Å². The van der Waals surface area contributed by atoms with Gasteiger partial charge in [0.15, 0.2) is 5.75 Å². The summed E-state index contributed by atoms with van der Waals surface area (Å²) in [5, 5.41) is 0. The van der Waals surface area contributed by atoms with Gasteiger partial charge in [-0.15, -0.1) is 0 Å². The second-order valence-electron chi connectivity index (χ2n) is 9.55. The van der Waals surface area contributed by atoms with Crippen LogP contribution in [0.2, 0.25) is 0 Å². The molecular weight excluding hydrogens is 447 g/mol. The lowest BCUT2D eigenvalue weighted by Gasteiger charge is -2.39. The van der Waals surface area contributed by atoms with Crippen molar-refractivity contribution in [1.82, 2.24) is 9.97 Å². The summed E-state index contributed by atoms with van der Waals surface area (Å²) in [6.07, 6.45) is 6.02. The smallest absolute Gasteiger partial charge is 0.220 e. The van der Waals surface area contributed by atoms with Crippen molar-refractivity contribution < 1.29 is 18.6 Å². The summed E-state index contributed by atoms with van der Waals surface area (Å²) in [5.41, 5.74) is 9.47. The summed E-state index contributed by atoms with van der Waals surface area (Å²) in [4.78, 5) is 13.4. The lowest BCUT2D eigenvalue weighted by molar-refractivity contribution is 0.0164. The minimum absolute atomic E-state index is 0.249. The van der Waals surface area contributed by atoms with Crippen molar-refractivity contribution in [2.45, 2.75) is 31.4 Å². The molecule has 0 fully saturated rings. The van der Waals surface area contributed by atoms with E-state index in [1.807, 2.05) is 38.1 Å². The third-order valence-electron chi connectivity index (χ3n) is 6.62. The van der Waals surface area contributed by atoms with E-state index in [0.29, 0.717) is 35.1 Å². The summed E-state index contributed by atoms with van der Waals surface area (Å²) in [6, 6.07) is 10.9. The van der Waals surface area contributed by atoms with Gasteiger partial charge in [-0.1, -0.05) is 6.07 Å². The molecule has 1 spiro atoms. The second-order valence-corrected chi connectivity index (χ2v) is 9.55. The van der Waals surface area contributed by atoms with E-state index in [9.17, 15) is 4.39 Å². The highest BCUT2D eigenvalue weighted by Crippen LogP contribution is 2.51. The molecule has 0 saturated heterocycles. The Labute approximate surface area is 202 Å². The molecule has 8 heteroatoms. The standard InChI is InChI=1S/C27H25FN4O3/c1-26(2)12-17(7-9-34-26)21-11-20-23(13-31-21)35-22-6-5-16(18-4-3-8-30-25(18)28)10-19(22)27(20)15-33-14-24(29)32-27/h3-6,8,10-13H,7,9,14-15H2,1-2H3,(H2,29,32)/t27-/m0/s1. The topological polar surface area (TPSA) is 91.9 Å². The molecule has 5 heterocycles.